The maximum atomic E-state index is 13.6. The quantitative estimate of drug-likeness (QED) is 0.251. The molecule has 0 unspecified atom stereocenters. The maximum absolute atomic E-state index is 13.6. The molecule has 8 heteroatoms. The molecule has 0 aliphatic carbocycles. The summed E-state index contributed by atoms with van der Waals surface area (Å²) in [5.74, 6) is 1.60. The number of benzene rings is 3. The SMILES string of the molecule is COc1ccc(OC)c2sc(N3C(=O)C(=Cc4ccc(SC)cc4)N=C3c3ccccc3)nc12. The van der Waals surface area contributed by atoms with Crippen molar-refractivity contribution in [3.63, 3.8) is 0 Å². The first kappa shape index (κ1) is 22.2. The molecule has 0 N–H and O–H groups in total. The summed E-state index contributed by atoms with van der Waals surface area (Å²) in [6.45, 7) is 0. The molecule has 0 bridgehead atoms. The minimum absolute atomic E-state index is 0.232. The Balaban J connectivity index is 1.64. The van der Waals surface area contributed by atoms with Crippen LogP contribution in [0.5, 0.6) is 11.5 Å². The van der Waals surface area contributed by atoms with E-state index in [2.05, 4.69) is 0 Å². The Morgan fingerprint density at radius 1 is 0.941 bits per heavy atom. The van der Waals surface area contributed by atoms with Gasteiger partial charge in [0, 0.05) is 10.5 Å². The van der Waals surface area contributed by atoms with Crippen LogP contribution in [-0.4, -0.2) is 37.2 Å². The van der Waals surface area contributed by atoms with Gasteiger partial charge in [0.25, 0.3) is 5.91 Å². The number of rotatable bonds is 6. The molecule has 1 aromatic heterocycles. The molecule has 6 nitrogen and oxygen atoms in total. The number of fused-ring (bicyclic) bond motifs is 1. The standard InChI is InChI=1S/C26H21N3O3S2/c1-31-20-13-14-21(32-2)23-22(20)28-26(34-23)29-24(17-7-5-4-6-8-17)27-19(25(29)30)15-16-9-11-18(33-3)12-10-16/h4-15H,1-3H3. The van der Waals surface area contributed by atoms with Gasteiger partial charge in [0.15, 0.2) is 5.13 Å². The van der Waals surface area contributed by atoms with Gasteiger partial charge in [-0.05, 0) is 42.2 Å². The summed E-state index contributed by atoms with van der Waals surface area (Å²) in [5.41, 5.74) is 2.74. The number of hydrogen-bond donors (Lipinski definition) is 0. The van der Waals surface area contributed by atoms with E-state index in [1.807, 2.05) is 79.1 Å². The van der Waals surface area contributed by atoms with Crippen LogP contribution in [0.15, 0.2) is 82.3 Å². The second kappa shape index (κ2) is 9.32. The van der Waals surface area contributed by atoms with Gasteiger partial charge in [0.2, 0.25) is 0 Å². The van der Waals surface area contributed by atoms with Gasteiger partial charge < -0.3 is 9.47 Å². The van der Waals surface area contributed by atoms with Crippen LogP contribution in [0.4, 0.5) is 5.13 Å². The molecule has 1 aliphatic heterocycles. The van der Waals surface area contributed by atoms with Crippen molar-refractivity contribution < 1.29 is 14.3 Å². The summed E-state index contributed by atoms with van der Waals surface area (Å²) in [6.07, 6.45) is 3.84. The molecule has 1 aliphatic rings. The van der Waals surface area contributed by atoms with E-state index in [0.29, 0.717) is 33.7 Å². The molecule has 0 saturated carbocycles. The highest BCUT2D eigenvalue weighted by Crippen LogP contribution is 2.41. The van der Waals surface area contributed by atoms with E-state index in [1.165, 1.54) is 11.3 Å². The predicted molar refractivity (Wildman–Crippen MR) is 139 cm³/mol. The van der Waals surface area contributed by atoms with Gasteiger partial charge in [0.1, 0.15) is 33.2 Å². The minimum Gasteiger partial charge on any atom is -0.495 e. The lowest BCUT2D eigenvalue weighted by Crippen LogP contribution is -2.32. The summed E-state index contributed by atoms with van der Waals surface area (Å²) in [4.78, 5) is 25.9. The molecule has 5 rings (SSSR count). The van der Waals surface area contributed by atoms with Crippen molar-refractivity contribution in [2.75, 3.05) is 25.4 Å². The summed E-state index contributed by atoms with van der Waals surface area (Å²) >= 11 is 3.04. The third-order valence-corrected chi connectivity index (χ3v) is 7.20. The lowest BCUT2D eigenvalue weighted by molar-refractivity contribution is -0.113. The number of amides is 1. The molecule has 170 valence electrons. The summed E-state index contributed by atoms with van der Waals surface area (Å²) < 4.78 is 11.8. The fraction of sp³-hybridized carbons (Fsp3) is 0.115. The lowest BCUT2D eigenvalue weighted by atomic mass is 10.2. The molecule has 0 atom stereocenters. The van der Waals surface area contributed by atoms with Crippen LogP contribution in [0.3, 0.4) is 0 Å². The first-order valence-electron chi connectivity index (χ1n) is 10.5. The van der Waals surface area contributed by atoms with Crippen molar-refractivity contribution in [2.24, 2.45) is 4.99 Å². The average molecular weight is 488 g/mol. The molecule has 1 amide bonds. The molecule has 3 aromatic carbocycles. The van der Waals surface area contributed by atoms with E-state index < -0.39 is 0 Å². The fourth-order valence-corrected chi connectivity index (χ4v) is 5.19. The molecule has 0 spiro atoms. The zero-order valence-electron chi connectivity index (χ0n) is 18.8. The summed E-state index contributed by atoms with van der Waals surface area (Å²) in [6, 6.07) is 21.3. The number of thioether (sulfide) groups is 1. The van der Waals surface area contributed by atoms with Crippen molar-refractivity contribution in [3.8, 4) is 11.5 Å². The Hall–Kier alpha value is -3.62. The van der Waals surface area contributed by atoms with E-state index in [0.717, 1.165) is 20.7 Å². The number of aliphatic imine (C=N–C) groups is 1. The van der Waals surface area contributed by atoms with E-state index in [-0.39, 0.29) is 5.91 Å². The third kappa shape index (κ3) is 3.95. The molecule has 0 saturated heterocycles. The number of aromatic nitrogens is 1. The van der Waals surface area contributed by atoms with Gasteiger partial charge in [-0.25, -0.2) is 14.9 Å². The van der Waals surface area contributed by atoms with E-state index >= 15 is 0 Å². The maximum Gasteiger partial charge on any atom is 0.284 e. The Kier molecular flexibility index (Phi) is 6.08. The summed E-state index contributed by atoms with van der Waals surface area (Å²) in [5, 5.41) is 0.506. The average Bonchev–Trinajstić information content (AvgIpc) is 3.46. The first-order valence-corrected chi connectivity index (χ1v) is 12.5. The number of thiazole rings is 1. The lowest BCUT2D eigenvalue weighted by Gasteiger charge is -2.14. The first-order chi connectivity index (χ1) is 16.6. The van der Waals surface area contributed by atoms with Crippen molar-refractivity contribution >= 4 is 56.3 Å². The number of ether oxygens (including phenoxy) is 2. The molecule has 4 aromatic rings. The number of nitrogens with zero attached hydrogens (tertiary/aromatic N) is 3. The molecular weight excluding hydrogens is 466 g/mol. The molecule has 0 radical (unpaired) electrons. The van der Waals surface area contributed by atoms with Gasteiger partial charge in [-0.2, -0.15) is 0 Å². The van der Waals surface area contributed by atoms with E-state index in [1.54, 1.807) is 30.9 Å². The summed E-state index contributed by atoms with van der Waals surface area (Å²) in [7, 11) is 3.21. The van der Waals surface area contributed by atoms with Crippen LogP contribution in [0.25, 0.3) is 16.3 Å². The van der Waals surface area contributed by atoms with Crippen molar-refractivity contribution in [1.29, 1.82) is 0 Å². The van der Waals surface area contributed by atoms with Crippen LogP contribution in [-0.2, 0) is 4.79 Å². The fourth-order valence-electron chi connectivity index (χ4n) is 3.70. The van der Waals surface area contributed by atoms with E-state index in [4.69, 9.17) is 19.5 Å². The zero-order valence-corrected chi connectivity index (χ0v) is 20.4. The third-order valence-electron chi connectivity index (χ3n) is 5.40. The number of methoxy groups -OCH3 is 2. The van der Waals surface area contributed by atoms with Crippen LogP contribution in [0, 0.1) is 0 Å². The zero-order chi connectivity index (χ0) is 23.7. The Labute approximate surface area is 205 Å². The number of anilines is 1. The molecule has 34 heavy (non-hydrogen) atoms. The number of amidine groups is 1. The smallest absolute Gasteiger partial charge is 0.284 e. The second-order valence-electron chi connectivity index (χ2n) is 7.39. The predicted octanol–water partition coefficient (Wildman–Crippen LogP) is 5.87. The highest BCUT2D eigenvalue weighted by molar-refractivity contribution is 7.98. The van der Waals surface area contributed by atoms with Crippen LogP contribution >= 0.6 is 23.1 Å². The second-order valence-corrected chi connectivity index (χ2v) is 9.25. The van der Waals surface area contributed by atoms with Crippen LogP contribution in [0.2, 0.25) is 0 Å². The Morgan fingerprint density at radius 3 is 2.32 bits per heavy atom. The van der Waals surface area contributed by atoms with Crippen molar-refractivity contribution in [1.82, 2.24) is 4.98 Å². The van der Waals surface area contributed by atoms with Gasteiger partial charge in [-0.15, -0.1) is 11.8 Å². The minimum atomic E-state index is -0.232. The molecule has 2 heterocycles. The topological polar surface area (TPSA) is 64.0 Å². The normalized spacial score (nSPS) is 14.7. The van der Waals surface area contributed by atoms with Crippen molar-refractivity contribution in [2.45, 2.75) is 4.90 Å². The molecular formula is C26H21N3O3S2. The number of carbonyl (C=O) groups is 1. The molecule has 0 fully saturated rings. The highest BCUT2D eigenvalue weighted by atomic mass is 32.2. The van der Waals surface area contributed by atoms with Crippen LogP contribution in [0.1, 0.15) is 11.1 Å². The Bertz CT molecular complexity index is 1390. The largest absolute Gasteiger partial charge is 0.495 e. The number of carbonyl (C=O) groups excluding carboxylic acids is 1. The number of hydrogen-bond acceptors (Lipinski definition) is 7. The van der Waals surface area contributed by atoms with Gasteiger partial charge in [0.05, 0.1) is 14.2 Å². The van der Waals surface area contributed by atoms with Gasteiger partial charge in [-0.1, -0.05) is 53.8 Å². The van der Waals surface area contributed by atoms with E-state index in [9.17, 15) is 4.79 Å². The van der Waals surface area contributed by atoms with Gasteiger partial charge >= 0.3 is 0 Å². The monoisotopic (exact) mass is 487 g/mol. The highest BCUT2D eigenvalue weighted by Gasteiger charge is 2.35. The van der Waals surface area contributed by atoms with Crippen LogP contribution < -0.4 is 14.4 Å². The van der Waals surface area contributed by atoms with Gasteiger partial charge in [-0.3, -0.25) is 4.79 Å². The van der Waals surface area contributed by atoms with Crippen molar-refractivity contribution in [3.05, 3.63) is 83.6 Å². The Morgan fingerprint density at radius 2 is 1.65 bits per heavy atom.